The van der Waals surface area contributed by atoms with Gasteiger partial charge in [0.2, 0.25) is 11.8 Å². The molecule has 96 valence electrons. The summed E-state index contributed by atoms with van der Waals surface area (Å²) in [5.74, 6) is 1.18. The summed E-state index contributed by atoms with van der Waals surface area (Å²) < 4.78 is 7.45. The molecule has 0 saturated heterocycles. The van der Waals surface area contributed by atoms with Crippen LogP contribution in [0.2, 0.25) is 0 Å². The maximum atomic E-state index is 11.1. The number of nitrogens with zero attached hydrogens (tertiary/aromatic N) is 3. The monoisotopic (exact) mass is 255 g/mol. The van der Waals surface area contributed by atoms with Gasteiger partial charge in [-0.3, -0.25) is 4.79 Å². The van der Waals surface area contributed by atoms with E-state index in [1.54, 1.807) is 6.07 Å². The molecule has 5 nitrogen and oxygen atoms in total. The second-order valence-electron chi connectivity index (χ2n) is 4.29. The molecule has 0 amide bonds. The van der Waals surface area contributed by atoms with E-state index in [1.165, 1.54) is 0 Å². The number of rotatable bonds is 4. The number of aldehydes is 1. The highest BCUT2D eigenvalue weighted by atomic mass is 16.4. The van der Waals surface area contributed by atoms with Gasteiger partial charge < -0.3 is 8.98 Å². The van der Waals surface area contributed by atoms with Crippen molar-refractivity contribution in [1.82, 2.24) is 14.8 Å². The topological polar surface area (TPSA) is 60.9 Å². The average molecular weight is 255 g/mol. The highest BCUT2D eigenvalue weighted by Crippen LogP contribution is 2.20. The normalized spacial score (nSPS) is 11.0. The Hall–Kier alpha value is -2.43. The highest BCUT2D eigenvalue weighted by molar-refractivity contribution is 5.96. The summed E-state index contributed by atoms with van der Waals surface area (Å²) in [5, 5.41) is 8.96. The fraction of sp³-hybridized carbons (Fsp3) is 0.214. The van der Waals surface area contributed by atoms with Crippen molar-refractivity contribution in [3.05, 3.63) is 47.8 Å². The molecule has 0 radical (unpaired) electrons. The van der Waals surface area contributed by atoms with E-state index in [0.717, 1.165) is 23.6 Å². The summed E-state index contributed by atoms with van der Waals surface area (Å²) in [4.78, 5) is 11.1. The molecule has 0 N–H and O–H groups in total. The van der Waals surface area contributed by atoms with E-state index in [1.807, 2.05) is 35.9 Å². The van der Waals surface area contributed by atoms with Crippen molar-refractivity contribution in [2.45, 2.75) is 19.9 Å². The van der Waals surface area contributed by atoms with E-state index in [4.69, 9.17) is 4.42 Å². The van der Waals surface area contributed by atoms with Crippen LogP contribution in [-0.2, 0) is 13.0 Å². The molecule has 5 heteroatoms. The second kappa shape index (κ2) is 4.68. The molecular formula is C14H13N3O2. The van der Waals surface area contributed by atoms with Crippen LogP contribution in [0.5, 0.6) is 0 Å². The van der Waals surface area contributed by atoms with Gasteiger partial charge >= 0.3 is 0 Å². The molecule has 0 saturated carbocycles. The molecule has 0 aliphatic heterocycles. The van der Waals surface area contributed by atoms with E-state index in [0.29, 0.717) is 23.9 Å². The Morgan fingerprint density at radius 3 is 2.84 bits per heavy atom. The number of aryl methyl sites for hydroxylation is 1. The predicted octanol–water partition coefficient (Wildman–Crippen LogP) is 2.45. The lowest BCUT2D eigenvalue weighted by atomic mass is 10.1. The van der Waals surface area contributed by atoms with Crippen LogP contribution >= 0.6 is 0 Å². The summed E-state index contributed by atoms with van der Waals surface area (Å²) in [7, 11) is 0. The first-order valence-corrected chi connectivity index (χ1v) is 6.16. The Morgan fingerprint density at radius 1 is 1.26 bits per heavy atom. The van der Waals surface area contributed by atoms with E-state index in [9.17, 15) is 4.79 Å². The van der Waals surface area contributed by atoms with Crippen molar-refractivity contribution in [3.63, 3.8) is 0 Å². The molecule has 19 heavy (non-hydrogen) atoms. The van der Waals surface area contributed by atoms with Crippen LogP contribution in [0, 0.1) is 0 Å². The molecular weight excluding hydrogens is 242 g/mol. The molecule has 0 atom stereocenters. The minimum atomic E-state index is 0.474. The smallest absolute Gasteiger partial charge is 0.236 e. The maximum absolute atomic E-state index is 11.1. The molecule has 2 aromatic heterocycles. The highest BCUT2D eigenvalue weighted by Gasteiger charge is 2.10. The van der Waals surface area contributed by atoms with Crippen LogP contribution in [0.25, 0.3) is 10.9 Å². The molecule has 2 heterocycles. The molecule has 0 bridgehead atoms. The maximum Gasteiger partial charge on any atom is 0.236 e. The van der Waals surface area contributed by atoms with E-state index >= 15 is 0 Å². The first-order valence-electron chi connectivity index (χ1n) is 6.16. The molecule has 0 unspecified atom stereocenters. The van der Waals surface area contributed by atoms with Crippen molar-refractivity contribution in [1.29, 1.82) is 0 Å². The number of fused-ring (bicyclic) bond motifs is 1. The van der Waals surface area contributed by atoms with Crippen LogP contribution in [-0.4, -0.2) is 21.1 Å². The number of carbonyl (C=O) groups is 1. The Labute approximate surface area is 109 Å². The van der Waals surface area contributed by atoms with Crippen molar-refractivity contribution in [2.24, 2.45) is 0 Å². The summed E-state index contributed by atoms with van der Waals surface area (Å²) in [6.45, 7) is 2.44. The predicted molar refractivity (Wildman–Crippen MR) is 70.1 cm³/mol. The van der Waals surface area contributed by atoms with E-state index in [-0.39, 0.29) is 0 Å². The van der Waals surface area contributed by atoms with E-state index in [2.05, 4.69) is 10.2 Å². The Kier molecular flexibility index (Phi) is 2.87. The molecule has 1 aromatic carbocycles. The van der Waals surface area contributed by atoms with Gasteiger partial charge in [0.05, 0.1) is 5.52 Å². The Balaban J connectivity index is 2.03. The summed E-state index contributed by atoms with van der Waals surface area (Å²) in [6, 6.07) is 7.62. The fourth-order valence-electron chi connectivity index (χ4n) is 2.16. The fourth-order valence-corrected chi connectivity index (χ4v) is 2.16. The molecule has 0 spiro atoms. The lowest BCUT2D eigenvalue weighted by Crippen LogP contribution is -2.00. The number of hydrogen-bond acceptors (Lipinski definition) is 4. The third-order valence-electron chi connectivity index (χ3n) is 3.06. The number of aromatic nitrogens is 3. The molecule has 0 fully saturated rings. The SMILES string of the molecule is CCc1nnc(Cn2ccc3cccc(C=O)c32)o1. The first kappa shape index (κ1) is 11.6. The summed E-state index contributed by atoms with van der Waals surface area (Å²) in [5.41, 5.74) is 1.56. The zero-order valence-electron chi connectivity index (χ0n) is 10.5. The van der Waals surface area contributed by atoms with Gasteiger partial charge in [0.25, 0.3) is 0 Å². The Bertz CT molecular complexity index is 727. The number of para-hydroxylation sites is 1. The molecule has 3 aromatic rings. The van der Waals surface area contributed by atoms with Gasteiger partial charge in [-0.1, -0.05) is 19.1 Å². The van der Waals surface area contributed by atoms with Crippen molar-refractivity contribution in [2.75, 3.05) is 0 Å². The van der Waals surface area contributed by atoms with Gasteiger partial charge in [0.1, 0.15) is 6.54 Å². The van der Waals surface area contributed by atoms with Crippen LogP contribution in [0.1, 0.15) is 29.1 Å². The van der Waals surface area contributed by atoms with Gasteiger partial charge in [-0.25, -0.2) is 0 Å². The number of benzene rings is 1. The third-order valence-corrected chi connectivity index (χ3v) is 3.06. The van der Waals surface area contributed by atoms with Crippen LogP contribution in [0.4, 0.5) is 0 Å². The van der Waals surface area contributed by atoms with Crippen LogP contribution in [0.15, 0.2) is 34.9 Å². The van der Waals surface area contributed by atoms with Gasteiger partial charge in [-0.15, -0.1) is 10.2 Å². The number of carbonyl (C=O) groups excluding carboxylic acids is 1. The minimum Gasteiger partial charge on any atom is -0.423 e. The van der Waals surface area contributed by atoms with E-state index < -0.39 is 0 Å². The van der Waals surface area contributed by atoms with Crippen molar-refractivity contribution >= 4 is 17.2 Å². The average Bonchev–Trinajstić information content (AvgIpc) is 3.06. The summed E-state index contributed by atoms with van der Waals surface area (Å²) in [6.07, 6.45) is 3.51. The third kappa shape index (κ3) is 2.03. The number of hydrogen-bond donors (Lipinski definition) is 0. The lowest BCUT2D eigenvalue weighted by Gasteiger charge is -2.03. The molecule has 0 aliphatic rings. The van der Waals surface area contributed by atoms with Crippen molar-refractivity contribution < 1.29 is 9.21 Å². The molecule has 0 aliphatic carbocycles. The standard InChI is InChI=1S/C14H13N3O2/c1-2-12-15-16-13(19-12)8-17-7-6-10-4-3-5-11(9-18)14(10)17/h3-7,9H,2,8H2,1H3. The van der Waals surface area contributed by atoms with Gasteiger partial charge in [0, 0.05) is 23.6 Å². The zero-order valence-corrected chi connectivity index (χ0v) is 10.5. The summed E-state index contributed by atoms with van der Waals surface area (Å²) >= 11 is 0. The van der Waals surface area contributed by atoms with Gasteiger partial charge in [-0.05, 0) is 12.1 Å². The second-order valence-corrected chi connectivity index (χ2v) is 4.29. The van der Waals surface area contributed by atoms with Gasteiger partial charge in [0.15, 0.2) is 6.29 Å². The van der Waals surface area contributed by atoms with Crippen LogP contribution in [0.3, 0.4) is 0 Å². The zero-order chi connectivity index (χ0) is 13.2. The van der Waals surface area contributed by atoms with Gasteiger partial charge in [-0.2, -0.15) is 0 Å². The van der Waals surface area contributed by atoms with Crippen LogP contribution < -0.4 is 0 Å². The van der Waals surface area contributed by atoms with Crippen molar-refractivity contribution in [3.8, 4) is 0 Å². The first-order chi connectivity index (χ1) is 9.31. The Morgan fingerprint density at radius 2 is 2.11 bits per heavy atom. The quantitative estimate of drug-likeness (QED) is 0.672. The largest absolute Gasteiger partial charge is 0.423 e. The molecule has 3 rings (SSSR count). The lowest BCUT2D eigenvalue weighted by molar-refractivity contribution is 0.112. The minimum absolute atomic E-state index is 0.474.